The molecule has 0 spiro atoms. The lowest BCUT2D eigenvalue weighted by Crippen LogP contribution is -2.27. The predicted octanol–water partition coefficient (Wildman–Crippen LogP) is 4.22. The number of amides is 1. The number of hydrogen-bond donors (Lipinski definition) is 1. The highest BCUT2D eigenvalue weighted by Gasteiger charge is 2.23. The Labute approximate surface area is 180 Å². The van der Waals surface area contributed by atoms with Gasteiger partial charge in [0.15, 0.2) is 0 Å². The molecule has 1 unspecified atom stereocenters. The Kier molecular flexibility index (Phi) is 5.46. The van der Waals surface area contributed by atoms with E-state index < -0.39 is 0 Å². The number of nitrogens with zero attached hydrogens (tertiary/aromatic N) is 4. The summed E-state index contributed by atoms with van der Waals surface area (Å²) < 4.78 is 12.6. The van der Waals surface area contributed by atoms with E-state index >= 15 is 0 Å². The molecule has 1 aromatic carbocycles. The van der Waals surface area contributed by atoms with Crippen molar-refractivity contribution in [3.8, 4) is 17.0 Å². The topological polar surface area (TPSA) is 95.1 Å². The van der Waals surface area contributed by atoms with Crippen molar-refractivity contribution in [2.45, 2.75) is 40.3 Å². The van der Waals surface area contributed by atoms with Crippen LogP contribution in [0, 0.1) is 13.8 Å². The van der Waals surface area contributed by atoms with Gasteiger partial charge in [-0.05, 0) is 58.0 Å². The maximum absolute atomic E-state index is 13.3. The minimum absolute atomic E-state index is 0.208. The molecule has 0 saturated carbocycles. The highest BCUT2D eigenvalue weighted by atomic mass is 16.5. The van der Waals surface area contributed by atoms with E-state index in [-0.39, 0.29) is 11.9 Å². The van der Waals surface area contributed by atoms with Crippen LogP contribution in [0.25, 0.3) is 22.4 Å². The number of carbonyl (C=O) groups is 1. The van der Waals surface area contributed by atoms with Crippen molar-refractivity contribution in [2.75, 3.05) is 7.11 Å². The number of ether oxygens (including phenoxy) is 1. The zero-order chi connectivity index (χ0) is 22.1. The molecule has 0 radical (unpaired) electrons. The van der Waals surface area contributed by atoms with E-state index in [0.717, 1.165) is 29.1 Å². The first-order chi connectivity index (χ1) is 14.9. The van der Waals surface area contributed by atoms with Crippen LogP contribution in [0.5, 0.6) is 5.75 Å². The summed E-state index contributed by atoms with van der Waals surface area (Å²) in [6.07, 6.45) is 1.97. The second kappa shape index (κ2) is 8.22. The van der Waals surface area contributed by atoms with Gasteiger partial charge >= 0.3 is 0 Å². The first-order valence-electron chi connectivity index (χ1n) is 10.2. The molecule has 8 heteroatoms. The zero-order valence-electron chi connectivity index (χ0n) is 18.3. The quantitative estimate of drug-likeness (QED) is 0.503. The lowest BCUT2D eigenvalue weighted by molar-refractivity contribution is 0.0941. The largest absolute Gasteiger partial charge is 0.497 e. The van der Waals surface area contributed by atoms with Gasteiger partial charge in [-0.1, -0.05) is 5.16 Å². The van der Waals surface area contributed by atoms with Crippen molar-refractivity contribution in [3.63, 3.8) is 0 Å². The third-order valence-corrected chi connectivity index (χ3v) is 5.31. The Morgan fingerprint density at radius 1 is 1.26 bits per heavy atom. The fraction of sp³-hybridized carbons (Fsp3) is 0.304. The highest BCUT2D eigenvalue weighted by molar-refractivity contribution is 6.09. The summed E-state index contributed by atoms with van der Waals surface area (Å²) in [6, 6.07) is 8.99. The van der Waals surface area contributed by atoms with Crippen molar-refractivity contribution in [2.24, 2.45) is 0 Å². The van der Waals surface area contributed by atoms with Crippen LogP contribution < -0.4 is 10.1 Å². The summed E-state index contributed by atoms with van der Waals surface area (Å²) in [5.74, 6) is 0.518. The standard InChI is InChI=1S/C23H25N5O3/c1-6-28-12-19(15(4)26-28)14(3)25-22(29)18-11-13(2)24-23-20(18)21(27-31-23)16-7-9-17(30-5)10-8-16/h7-12,14H,6H2,1-5H3,(H,25,29). The Morgan fingerprint density at radius 2 is 2.00 bits per heavy atom. The molecule has 1 N–H and O–H groups in total. The smallest absolute Gasteiger partial charge is 0.259 e. The van der Waals surface area contributed by atoms with Crippen LogP contribution in [0.15, 0.2) is 41.1 Å². The maximum atomic E-state index is 13.3. The van der Waals surface area contributed by atoms with E-state index in [1.165, 1.54) is 0 Å². The molecular formula is C23H25N5O3. The molecule has 4 rings (SSSR count). The first kappa shape index (κ1) is 20.6. The normalized spacial score (nSPS) is 12.2. The number of fused-ring (bicyclic) bond motifs is 1. The molecule has 0 aliphatic heterocycles. The van der Waals surface area contributed by atoms with Crippen LogP contribution in [0.4, 0.5) is 0 Å². The molecule has 31 heavy (non-hydrogen) atoms. The van der Waals surface area contributed by atoms with Crippen molar-refractivity contribution >= 4 is 17.0 Å². The van der Waals surface area contributed by atoms with E-state index in [0.29, 0.717) is 28.1 Å². The van der Waals surface area contributed by atoms with Crippen LogP contribution in [-0.2, 0) is 6.54 Å². The molecular weight excluding hydrogens is 394 g/mol. The lowest BCUT2D eigenvalue weighted by atomic mass is 10.0. The molecule has 4 aromatic rings. The third kappa shape index (κ3) is 3.88. The molecule has 0 fully saturated rings. The number of carbonyl (C=O) groups excluding carboxylic acids is 1. The van der Waals surface area contributed by atoms with Crippen molar-refractivity contribution < 1.29 is 14.1 Å². The average molecular weight is 419 g/mol. The monoisotopic (exact) mass is 419 g/mol. The summed E-state index contributed by atoms with van der Waals surface area (Å²) in [6.45, 7) is 8.52. The fourth-order valence-corrected chi connectivity index (χ4v) is 3.67. The van der Waals surface area contributed by atoms with Gasteiger partial charge in [-0.25, -0.2) is 4.98 Å². The van der Waals surface area contributed by atoms with Gasteiger partial charge in [0.25, 0.3) is 11.6 Å². The second-order valence-corrected chi connectivity index (χ2v) is 7.47. The van der Waals surface area contributed by atoms with E-state index in [1.807, 2.05) is 62.8 Å². The van der Waals surface area contributed by atoms with Gasteiger partial charge in [0.1, 0.15) is 11.4 Å². The van der Waals surface area contributed by atoms with Crippen LogP contribution >= 0.6 is 0 Å². The molecule has 8 nitrogen and oxygen atoms in total. The summed E-state index contributed by atoms with van der Waals surface area (Å²) in [7, 11) is 1.61. The van der Waals surface area contributed by atoms with Gasteiger partial charge in [-0.2, -0.15) is 5.10 Å². The number of methoxy groups -OCH3 is 1. The van der Waals surface area contributed by atoms with Crippen LogP contribution in [0.1, 0.15) is 47.2 Å². The van der Waals surface area contributed by atoms with Crippen molar-refractivity contribution in [3.05, 3.63) is 59.0 Å². The van der Waals surface area contributed by atoms with E-state index in [2.05, 4.69) is 20.6 Å². The van der Waals surface area contributed by atoms with E-state index in [9.17, 15) is 4.79 Å². The van der Waals surface area contributed by atoms with Crippen LogP contribution in [0.2, 0.25) is 0 Å². The van der Waals surface area contributed by atoms with Gasteiger partial charge in [0.05, 0.1) is 29.8 Å². The summed E-state index contributed by atoms with van der Waals surface area (Å²) in [4.78, 5) is 17.7. The number of aryl methyl sites for hydroxylation is 3. The zero-order valence-corrected chi connectivity index (χ0v) is 18.3. The Bertz CT molecular complexity index is 1240. The van der Waals surface area contributed by atoms with Gasteiger partial charge in [-0.15, -0.1) is 0 Å². The second-order valence-electron chi connectivity index (χ2n) is 7.47. The Morgan fingerprint density at radius 3 is 2.65 bits per heavy atom. The molecule has 1 amide bonds. The van der Waals surface area contributed by atoms with Gasteiger partial charge < -0.3 is 14.6 Å². The summed E-state index contributed by atoms with van der Waals surface area (Å²) in [5.41, 5.74) is 4.75. The van der Waals surface area contributed by atoms with Gasteiger partial charge in [-0.3, -0.25) is 9.48 Å². The highest BCUT2D eigenvalue weighted by Crippen LogP contribution is 2.31. The van der Waals surface area contributed by atoms with Crippen molar-refractivity contribution in [1.29, 1.82) is 0 Å². The number of rotatable bonds is 6. The number of nitrogens with one attached hydrogen (secondary N) is 1. The fourth-order valence-electron chi connectivity index (χ4n) is 3.67. The minimum Gasteiger partial charge on any atom is -0.497 e. The molecule has 0 bridgehead atoms. The first-order valence-corrected chi connectivity index (χ1v) is 10.2. The maximum Gasteiger partial charge on any atom is 0.259 e. The Hall–Kier alpha value is -3.68. The molecule has 0 aliphatic carbocycles. The van der Waals surface area contributed by atoms with E-state index in [4.69, 9.17) is 9.26 Å². The average Bonchev–Trinajstić information content (AvgIpc) is 3.36. The van der Waals surface area contributed by atoms with Gasteiger partial charge in [0.2, 0.25) is 0 Å². The molecule has 0 saturated heterocycles. The number of pyridine rings is 1. The minimum atomic E-state index is -0.218. The third-order valence-electron chi connectivity index (χ3n) is 5.31. The SMILES string of the molecule is CCn1cc(C(C)NC(=O)c2cc(C)nc3onc(-c4ccc(OC)cc4)c23)c(C)n1. The number of aromatic nitrogens is 4. The van der Waals surface area contributed by atoms with Gasteiger partial charge in [0, 0.05) is 29.6 Å². The molecule has 3 heterocycles. The summed E-state index contributed by atoms with van der Waals surface area (Å²) >= 11 is 0. The molecule has 3 aromatic heterocycles. The molecule has 0 aliphatic rings. The Balaban J connectivity index is 1.72. The van der Waals surface area contributed by atoms with Crippen LogP contribution in [0.3, 0.4) is 0 Å². The summed E-state index contributed by atoms with van der Waals surface area (Å²) in [5, 5.41) is 12.3. The van der Waals surface area contributed by atoms with Crippen molar-refractivity contribution in [1.82, 2.24) is 25.2 Å². The van der Waals surface area contributed by atoms with Crippen LogP contribution in [-0.4, -0.2) is 32.9 Å². The number of benzene rings is 1. The molecule has 1 atom stereocenters. The molecule has 160 valence electrons. The lowest BCUT2D eigenvalue weighted by Gasteiger charge is -2.14. The predicted molar refractivity (Wildman–Crippen MR) is 117 cm³/mol. The van der Waals surface area contributed by atoms with E-state index in [1.54, 1.807) is 13.2 Å². The number of hydrogen-bond acceptors (Lipinski definition) is 6.